The summed E-state index contributed by atoms with van der Waals surface area (Å²) in [7, 11) is 0. The lowest BCUT2D eigenvalue weighted by molar-refractivity contribution is -0.389. The molecule has 63 heavy (non-hydrogen) atoms. The van der Waals surface area contributed by atoms with E-state index in [0.29, 0.717) is 37.7 Å². The Kier molecular flexibility index (Phi) is 13.1. The predicted octanol–water partition coefficient (Wildman–Crippen LogP) is -0.815. The van der Waals surface area contributed by atoms with E-state index in [0.717, 1.165) is 32.1 Å². The second kappa shape index (κ2) is 17.5. The summed E-state index contributed by atoms with van der Waals surface area (Å²) in [5.41, 5.74) is 0.704. The summed E-state index contributed by atoms with van der Waals surface area (Å²) in [6.07, 6.45) is -15.6. The topological polar surface area (TPSA) is 276 Å². The zero-order valence-corrected chi connectivity index (χ0v) is 37.0. The highest BCUT2D eigenvalue weighted by Gasteiger charge is 2.71. The van der Waals surface area contributed by atoms with Gasteiger partial charge < -0.3 is 89.0 Å². The van der Waals surface area contributed by atoms with Gasteiger partial charge in [-0.2, -0.15) is 0 Å². The first-order chi connectivity index (χ1) is 29.9. The average Bonchev–Trinajstić information content (AvgIpc) is 3.71. The largest absolute Gasteiger partial charge is 0.394 e. The van der Waals surface area contributed by atoms with Gasteiger partial charge in [0.1, 0.15) is 67.1 Å². The number of ether oxygens (including phenoxy) is 8. The van der Waals surface area contributed by atoms with Gasteiger partial charge in [-0.05, 0) is 81.0 Å². The van der Waals surface area contributed by atoms with Gasteiger partial charge in [0, 0.05) is 23.7 Å². The first kappa shape index (κ1) is 47.1. The van der Waals surface area contributed by atoms with E-state index in [2.05, 4.69) is 33.8 Å². The number of aliphatic hydroxyl groups is 10. The lowest BCUT2D eigenvalue weighted by Gasteiger charge is -2.60. The normalized spacial score (nSPS) is 58.1. The van der Waals surface area contributed by atoms with Crippen LogP contribution in [0.4, 0.5) is 0 Å². The highest BCUT2D eigenvalue weighted by molar-refractivity contribution is 5.27. The van der Waals surface area contributed by atoms with Crippen LogP contribution in [0.25, 0.3) is 0 Å². The third-order valence-corrected chi connectivity index (χ3v) is 17.8. The number of hydrogen-bond donors (Lipinski definition) is 10. The van der Waals surface area contributed by atoms with Crippen molar-refractivity contribution in [1.29, 1.82) is 0 Å². The van der Waals surface area contributed by atoms with Gasteiger partial charge in [-0.15, -0.1) is 0 Å². The molecule has 18 nitrogen and oxygen atoms in total. The van der Waals surface area contributed by atoms with Crippen molar-refractivity contribution in [2.75, 3.05) is 19.8 Å². The highest BCUT2D eigenvalue weighted by Crippen LogP contribution is 2.70. The number of aliphatic hydroxyl groups excluding tert-OH is 10. The molecule has 0 aromatic rings. The van der Waals surface area contributed by atoms with Crippen LogP contribution in [-0.2, 0) is 37.9 Å². The standard InChI is InChI=1S/C45H72O18/c1-18-8-11-45(56-17-18)19(2)30-26(63-45)13-25-23-7-6-21-12-22(9-10-43(21,4)24(23)14-29(48)44(25,30)5)58-42-39(62-40-35(53)33(51)31(49)20(3)57-40)37(55)38(28(16-47)60-42)61-41-36(54)34(52)32(50)27(15-46)59-41/h6,18-20,22-42,46-55H,7-17H2,1-5H3/t18?,19-,20-,22-,23+,24-,25-,26-,27+,28+,29+,30-,31-,32+,33+,34-,35+,36+,37-,38-,39+,40-,41-,42+,43-,44+,45+/m0/s1. The molecule has 9 rings (SSSR count). The minimum Gasteiger partial charge on any atom is -0.394 e. The molecule has 1 unspecified atom stereocenters. The van der Waals surface area contributed by atoms with Crippen LogP contribution in [0.15, 0.2) is 11.6 Å². The molecule has 1 spiro atoms. The van der Waals surface area contributed by atoms with Crippen molar-refractivity contribution < 1.29 is 89.0 Å². The van der Waals surface area contributed by atoms with Crippen molar-refractivity contribution in [3.8, 4) is 0 Å². The molecule has 8 fully saturated rings. The van der Waals surface area contributed by atoms with E-state index in [1.54, 1.807) is 0 Å². The second-order valence-corrected chi connectivity index (χ2v) is 21.1. The van der Waals surface area contributed by atoms with E-state index in [1.165, 1.54) is 12.5 Å². The molecule has 5 heterocycles. The van der Waals surface area contributed by atoms with Gasteiger partial charge in [-0.3, -0.25) is 0 Å². The maximum Gasteiger partial charge on any atom is 0.187 e. The van der Waals surface area contributed by atoms with Crippen molar-refractivity contribution in [2.24, 2.45) is 46.3 Å². The molecular weight excluding hydrogens is 828 g/mol. The van der Waals surface area contributed by atoms with Gasteiger partial charge in [-0.25, -0.2) is 0 Å². The minimum atomic E-state index is -1.83. The van der Waals surface area contributed by atoms with Crippen LogP contribution in [0.3, 0.4) is 0 Å². The van der Waals surface area contributed by atoms with E-state index in [4.69, 9.17) is 37.9 Å². The fourth-order valence-corrected chi connectivity index (χ4v) is 14.0. The van der Waals surface area contributed by atoms with Crippen LogP contribution < -0.4 is 0 Å². The highest BCUT2D eigenvalue weighted by atomic mass is 16.8. The van der Waals surface area contributed by atoms with E-state index in [9.17, 15) is 51.1 Å². The summed E-state index contributed by atoms with van der Waals surface area (Å²) >= 11 is 0. The molecule has 0 bridgehead atoms. The van der Waals surface area contributed by atoms with Gasteiger partial charge in [-0.1, -0.05) is 39.3 Å². The van der Waals surface area contributed by atoms with E-state index in [-0.39, 0.29) is 40.6 Å². The van der Waals surface area contributed by atoms with Gasteiger partial charge in [0.05, 0.1) is 44.2 Å². The Balaban J connectivity index is 0.928. The van der Waals surface area contributed by atoms with E-state index < -0.39 is 123 Å². The van der Waals surface area contributed by atoms with Gasteiger partial charge in [0.15, 0.2) is 24.7 Å². The molecular formula is C45H72O18. The molecule has 10 N–H and O–H groups in total. The summed E-state index contributed by atoms with van der Waals surface area (Å²) < 4.78 is 49.7. The molecule has 0 aromatic carbocycles. The molecule has 4 aliphatic carbocycles. The van der Waals surface area contributed by atoms with E-state index in [1.807, 2.05) is 0 Å². The van der Waals surface area contributed by atoms with Gasteiger partial charge >= 0.3 is 0 Å². The van der Waals surface area contributed by atoms with Crippen LogP contribution in [0.1, 0.15) is 86.0 Å². The molecule has 3 saturated carbocycles. The number of fused-ring (bicyclic) bond motifs is 7. The zero-order valence-electron chi connectivity index (χ0n) is 37.0. The van der Waals surface area contributed by atoms with Gasteiger partial charge in [0.2, 0.25) is 0 Å². The van der Waals surface area contributed by atoms with Crippen LogP contribution >= 0.6 is 0 Å². The Morgan fingerprint density at radius 2 is 1.35 bits per heavy atom. The average molecular weight is 901 g/mol. The molecule has 0 aromatic heterocycles. The first-order valence-corrected chi connectivity index (χ1v) is 23.5. The third kappa shape index (κ3) is 7.62. The molecule has 0 amide bonds. The molecule has 0 radical (unpaired) electrons. The Morgan fingerprint density at radius 3 is 2.03 bits per heavy atom. The Bertz CT molecular complexity index is 1640. The summed E-state index contributed by atoms with van der Waals surface area (Å²) in [6, 6.07) is 0. The fourth-order valence-electron chi connectivity index (χ4n) is 14.0. The SMILES string of the molecule is CC1CC[C@@]2(OC1)O[C@H]1C[C@H]3[C@@H]4CC=C5C[C@@H](O[C@@H]6O[C@H](CO)[C@H](O[C@@H]7O[C@H](CO)[C@@H](O)[C@H](O)[C@H]7O)[C@H](O)[C@H]6O[C@@H]6O[C@@H](C)[C@H](O)[C@@H](O)[C@H]6O)CC[C@]5(C)[C@H]4C[C@@H](O)[C@]3(C)[C@H]1[C@@H]2C. The molecule has 27 atom stereocenters. The number of hydrogen-bond acceptors (Lipinski definition) is 18. The maximum absolute atomic E-state index is 12.3. The zero-order chi connectivity index (χ0) is 45.1. The Hall–Kier alpha value is -0.980. The van der Waals surface area contributed by atoms with Crippen LogP contribution in [0, 0.1) is 46.3 Å². The van der Waals surface area contributed by atoms with E-state index >= 15 is 0 Å². The van der Waals surface area contributed by atoms with Gasteiger partial charge in [0.25, 0.3) is 0 Å². The monoisotopic (exact) mass is 900 g/mol. The van der Waals surface area contributed by atoms with Crippen LogP contribution in [0.5, 0.6) is 0 Å². The molecule has 5 saturated heterocycles. The third-order valence-electron chi connectivity index (χ3n) is 17.8. The molecule has 5 aliphatic heterocycles. The lowest BCUT2D eigenvalue weighted by Crippen LogP contribution is -2.67. The van der Waals surface area contributed by atoms with Crippen molar-refractivity contribution in [1.82, 2.24) is 0 Å². The summed E-state index contributed by atoms with van der Waals surface area (Å²) in [4.78, 5) is 0. The number of rotatable bonds is 8. The van der Waals surface area contributed by atoms with Crippen molar-refractivity contribution in [3.63, 3.8) is 0 Å². The molecule has 360 valence electrons. The fraction of sp³-hybridized carbons (Fsp3) is 0.956. The van der Waals surface area contributed by atoms with Crippen molar-refractivity contribution in [3.05, 3.63) is 11.6 Å². The molecule has 18 heteroatoms. The first-order valence-electron chi connectivity index (χ1n) is 23.5. The van der Waals surface area contributed by atoms with Crippen molar-refractivity contribution >= 4 is 0 Å². The summed E-state index contributed by atoms with van der Waals surface area (Å²) in [5, 5.41) is 108. The van der Waals surface area contributed by atoms with Crippen molar-refractivity contribution in [2.45, 2.75) is 202 Å². The minimum absolute atomic E-state index is 0.0433. The van der Waals surface area contributed by atoms with Crippen LogP contribution in [-0.4, -0.2) is 187 Å². The maximum atomic E-state index is 12.3. The Labute approximate surface area is 368 Å². The molecule has 9 aliphatic rings. The second-order valence-electron chi connectivity index (χ2n) is 21.1. The quantitative estimate of drug-likeness (QED) is 0.133. The predicted molar refractivity (Wildman–Crippen MR) is 216 cm³/mol. The summed E-state index contributed by atoms with van der Waals surface area (Å²) in [6.45, 7) is 9.83. The lowest BCUT2D eigenvalue weighted by atomic mass is 9.46. The summed E-state index contributed by atoms with van der Waals surface area (Å²) in [5.74, 6) is 1.21. The smallest absolute Gasteiger partial charge is 0.187 e. The Morgan fingerprint density at radius 1 is 0.683 bits per heavy atom. The van der Waals surface area contributed by atoms with Crippen LogP contribution in [0.2, 0.25) is 0 Å². The number of allylic oxidation sites excluding steroid dienone is 1.